The van der Waals surface area contributed by atoms with Gasteiger partial charge in [0.2, 0.25) is 5.88 Å². The fourth-order valence-electron chi connectivity index (χ4n) is 3.55. The lowest BCUT2D eigenvalue weighted by molar-refractivity contribution is 0.0898. The first-order valence-electron chi connectivity index (χ1n) is 9.26. The van der Waals surface area contributed by atoms with Crippen LogP contribution in [0.1, 0.15) is 47.8 Å². The summed E-state index contributed by atoms with van der Waals surface area (Å²) in [7, 11) is 0. The van der Waals surface area contributed by atoms with Gasteiger partial charge in [-0.2, -0.15) is 5.10 Å². The van der Waals surface area contributed by atoms with Crippen molar-refractivity contribution in [3.8, 4) is 11.6 Å². The van der Waals surface area contributed by atoms with Gasteiger partial charge >= 0.3 is 0 Å². The molecule has 1 aromatic carbocycles. The fourth-order valence-corrected chi connectivity index (χ4v) is 3.55. The predicted octanol–water partition coefficient (Wildman–Crippen LogP) is 2.90. The molecule has 0 aliphatic carbocycles. The summed E-state index contributed by atoms with van der Waals surface area (Å²) < 4.78 is 13.4. The predicted molar refractivity (Wildman–Crippen MR) is 97.8 cm³/mol. The van der Waals surface area contributed by atoms with Crippen LogP contribution in [-0.4, -0.2) is 34.9 Å². The molecule has 4 rings (SSSR count). The first-order valence-corrected chi connectivity index (χ1v) is 9.26. The summed E-state index contributed by atoms with van der Waals surface area (Å²) >= 11 is 0. The van der Waals surface area contributed by atoms with E-state index in [-0.39, 0.29) is 17.9 Å². The number of ether oxygens (including phenoxy) is 2. The van der Waals surface area contributed by atoms with E-state index in [0.717, 1.165) is 24.3 Å². The highest BCUT2D eigenvalue weighted by Gasteiger charge is 2.30. The SMILES string of the molecule is Cc1ccc2c(c1)C(C)C(NC(=O)c1cc3n(n1)CCC(C)CO3)CO2. The first kappa shape index (κ1) is 16.9. The maximum atomic E-state index is 12.7. The van der Waals surface area contributed by atoms with Gasteiger partial charge < -0.3 is 14.8 Å². The van der Waals surface area contributed by atoms with E-state index >= 15 is 0 Å². The molecule has 26 heavy (non-hydrogen) atoms. The van der Waals surface area contributed by atoms with Gasteiger partial charge in [0.1, 0.15) is 12.4 Å². The second-order valence-electron chi connectivity index (χ2n) is 7.52. The molecule has 1 aromatic heterocycles. The number of hydrogen-bond donors (Lipinski definition) is 1. The van der Waals surface area contributed by atoms with Crippen LogP contribution in [0.4, 0.5) is 0 Å². The lowest BCUT2D eigenvalue weighted by atomic mass is 9.89. The van der Waals surface area contributed by atoms with Crippen LogP contribution in [0, 0.1) is 12.8 Å². The van der Waals surface area contributed by atoms with Gasteiger partial charge in [-0.1, -0.05) is 31.5 Å². The number of hydrogen-bond acceptors (Lipinski definition) is 4. The average molecular weight is 355 g/mol. The molecule has 2 aromatic rings. The molecule has 0 saturated carbocycles. The Kier molecular flexibility index (Phi) is 4.34. The topological polar surface area (TPSA) is 65.4 Å². The molecule has 3 heterocycles. The minimum absolute atomic E-state index is 0.0840. The molecule has 1 N–H and O–H groups in total. The number of carbonyl (C=O) groups excluding carboxylic acids is 1. The minimum atomic E-state index is -0.182. The van der Waals surface area contributed by atoms with Crippen LogP contribution in [-0.2, 0) is 6.54 Å². The molecule has 0 radical (unpaired) electrons. The number of aryl methyl sites for hydroxylation is 2. The van der Waals surface area contributed by atoms with E-state index in [9.17, 15) is 4.79 Å². The minimum Gasteiger partial charge on any atom is -0.491 e. The van der Waals surface area contributed by atoms with Crippen molar-refractivity contribution in [2.24, 2.45) is 5.92 Å². The summed E-state index contributed by atoms with van der Waals surface area (Å²) in [6, 6.07) is 7.83. The molecule has 2 aliphatic heterocycles. The second-order valence-corrected chi connectivity index (χ2v) is 7.52. The van der Waals surface area contributed by atoms with Crippen molar-refractivity contribution >= 4 is 5.91 Å². The Morgan fingerprint density at radius 2 is 2.08 bits per heavy atom. The average Bonchev–Trinajstić information content (AvgIpc) is 2.96. The Hall–Kier alpha value is -2.50. The van der Waals surface area contributed by atoms with Crippen molar-refractivity contribution in [1.29, 1.82) is 0 Å². The summed E-state index contributed by atoms with van der Waals surface area (Å²) in [5.41, 5.74) is 2.73. The summed E-state index contributed by atoms with van der Waals surface area (Å²) in [6.45, 7) is 8.25. The van der Waals surface area contributed by atoms with Crippen molar-refractivity contribution in [2.75, 3.05) is 13.2 Å². The molecule has 3 atom stereocenters. The first-order chi connectivity index (χ1) is 12.5. The molecule has 0 spiro atoms. The zero-order valence-corrected chi connectivity index (χ0v) is 15.5. The van der Waals surface area contributed by atoms with E-state index in [0.29, 0.717) is 30.7 Å². The third-order valence-corrected chi connectivity index (χ3v) is 5.32. The number of amides is 1. The molecule has 0 saturated heterocycles. The Morgan fingerprint density at radius 1 is 1.23 bits per heavy atom. The maximum Gasteiger partial charge on any atom is 0.272 e. The fraction of sp³-hybridized carbons (Fsp3) is 0.500. The van der Waals surface area contributed by atoms with Crippen molar-refractivity contribution in [1.82, 2.24) is 15.1 Å². The summed E-state index contributed by atoms with van der Waals surface area (Å²) in [5.74, 6) is 2.08. The van der Waals surface area contributed by atoms with Crippen LogP contribution in [0.2, 0.25) is 0 Å². The van der Waals surface area contributed by atoms with Gasteiger partial charge in [-0.25, -0.2) is 4.68 Å². The lowest BCUT2D eigenvalue weighted by Crippen LogP contribution is -2.44. The van der Waals surface area contributed by atoms with E-state index in [1.165, 1.54) is 5.56 Å². The standard InChI is InChI=1S/C20H25N3O3/c1-12-4-5-18-15(8-12)14(3)17(11-25-18)21-20(24)16-9-19-23(22-16)7-6-13(2)10-26-19/h4-5,8-9,13-14,17H,6-7,10-11H2,1-3H3,(H,21,24). The summed E-state index contributed by atoms with van der Waals surface area (Å²) in [5, 5.41) is 7.52. The van der Waals surface area contributed by atoms with Gasteiger partial charge in [-0.15, -0.1) is 0 Å². The van der Waals surface area contributed by atoms with E-state index in [1.807, 2.05) is 12.1 Å². The molecule has 6 nitrogen and oxygen atoms in total. The molecule has 3 unspecified atom stereocenters. The number of fused-ring (bicyclic) bond motifs is 2. The third-order valence-electron chi connectivity index (χ3n) is 5.32. The van der Waals surface area contributed by atoms with Gasteiger partial charge in [0.05, 0.1) is 12.6 Å². The maximum absolute atomic E-state index is 12.7. The van der Waals surface area contributed by atoms with Crippen LogP contribution in [0.3, 0.4) is 0 Å². The number of nitrogens with zero attached hydrogens (tertiary/aromatic N) is 2. The summed E-state index contributed by atoms with van der Waals surface area (Å²) in [6.07, 6.45) is 0.999. The number of carbonyl (C=O) groups is 1. The van der Waals surface area contributed by atoms with Crippen LogP contribution in [0.25, 0.3) is 0 Å². The van der Waals surface area contributed by atoms with Gasteiger partial charge in [-0.3, -0.25) is 4.79 Å². The molecule has 0 bridgehead atoms. The molecular formula is C20H25N3O3. The highest BCUT2D eigenvalue weighted by atomic mass is 16.5. The van der Waals surface area contributed by atoms with Crippen LogP contribution in [0.15, 0.2) is 24.3 Å². The van der Waals surface area contributed by atoms with Gasteiger partial charge in [0.15, 0.2) is 5.69 Å². The molecule has 0 fully saturated rings. The number of aromatic nitrogens is 2. The zero-order valence-electron chi connectivity index (χ0n) is 15.5. The number of rotatable bonds is 2. The summed E-state index contributed by atoms with van der Waals surface area (Å²) in [4.78, 5) is 12.7. The van der Waals surface area contributed by atoms with E-state index in [1.54, 1.807) is 10.7 Å². The molecule has 138 valence electrons. The van der Waals surface area contributed by atoms with E-state index in [2.05, 4.69) is 37.3 Å². The smallest absolute Gasteiger partial charge is 0.272 e. The van der Waals surface area contributed by atoms with Crippen molar-refractivity contribution in [2.45, 2.75) is 45.7 Å². The van der Waals surface area contributed by atoms with Crippen molar-refractivity contribution in [3.05, 3.63) is 41.1 Å². The van der Waals surface area contributed by atoms with Crippen molar-refractivity contribution < 1.29 is 14.3 Å². The van der Waals surface area contributed by atoms with Crippen LogP contribution in [0.5, 0.6) is 11.6 Å². The van der Waals surface area contributed by atoms with Crippen molar-refractivity contribution in [3.63, 3.8) is 0 Å². The Bertz CT molecular complexity index is 804. The largest absolute Gasteiger partial charge is 0.491 e. The second kappa shape index (κ2) is 6.67. The van der Waals surface area contributed by atoms with E-state index in [4.69, 9.17) is 9.47 Å². The van der Waals surface area contributed by atoms with Crippen LogP contribution < -0.4 is 14.8 Å². The quantitative estimate of drug-likeness (QED) is 0.900. The van der Waals surface area contributed by atoms with Crippen LogP contribution >= 0.6 is 0 Å². The molecule has 2 aliphatic rings. The Labute approximate surface area is 153 Å². The van der Waals surface area contributed by atoms with Gasteiger partial charge in [0.25, 0.3) is 5.91 Å². The molecular weight excluding hydrogens is 330 g/mol. The molecule has 1 amide bonds. The van der Waals surface area contributed by atoms with E-state index < -0.39 is 0 Å². The number of benzene rings is 1. The normalized spacial score (nSPS) is 24.5. The van der Waals surface area contributed by atoms with Gasteiger partial charge in [0, 0.05) is 18.5 Å². The Balaban J connectivity index is 1.48. The third kappa shape index (κ3) is 3.16. The highest BCUT2D eigenvalue weighted by Crippen LogP contribution is 2.34. The molecule has 6 heteroatoms. The van der Waals surface area contributed by atoms with Gasteiger partial charge in [-0.05, 0) is 30.9 Å². The monoisotopic (exact) mass is 355 g/mol. The number of nitrogens with one attached hydrogen (secondary N) is 1. The highest BCUT2D eigenvalue weighted by molar-refractivity contribution is 5.92. The zero-order chi connectivity index (χ0) is 18.3. The Morgan fingerprint density at radius 3 is 2.92 bits per heavy atom. The lowest BCUT2D eigenvalue weighted by Gasteiger charge is -2.32.